The van der Waals surface area contributed by atoms with Gasteiger partial charge in [-0.1, -0.05) is 0 Å². The Kier molecular flexibility index (Phi) is 5.41. The summed E-state index contributed by atoms with van der Waals surface area (Å²) in [7, 11) is 0. The monoisotopic (exact) mass is 410 g/mol. The number of benzene rings is 2. The Morgan fingerprint density at radius 3 is 2.24 bits per heavy atom. The predicted molar refractivity (Wildman–Crippen MR) is 93.9 cm³/mol. The molecular weight excluding hydrogens is 395 g/mol. The van der Waals surface area contributed by atoms with Gasteiger partial charge in [-0.2, -0.15) is 13.2 Å². The minimum Gasteiger partial charge on any atom is -0.444 e. The van der Waals surface area contributed by atoms with Gasteiger partial charge in [-0.15, -0.1) is 0 Å². The maximum absolute atomic E-state index is 13.7. The highest BCUT2D eigenvalue weighted by atomic mass is 19.4. The van der Waals surface area contributed by atoms with Crippen LogP contribution in [0, 0.1) is 18.6 Å². The number of hydrogen-bond donors (Lipinski definition) is 1. The summed E-state index contributed by atoms with van der Waals surface area (Å²) in [5, 5.41) is 2.54. The number of amides is 1. The van der Waals surface area contributed by atoms with E-state index in [1.54, 1.807) is 0 Å². The lowest BCUT2D eigenvalue weighted by Crippen LogP contribution is -2.27. The van der Waals surface area contributed by atoms with E-state index >= 15 is 0 Å². The van der Waals surface area contributed by atoms with E-state index in [1.165, 1.54) is 26.0 Å². The first-order valence-electron chi connectivity index (χ1n) is 8.46. The van der Waals surface area contributed by atoms with Gasteiger partial charge in [0.05, 0.1) is 11.6 Å². The first-order valence-corrected chi connectivity index (χ1v) is 8.46. The van der Waals surface area contributed by atoms with Gasteiger partial charge in [-0.25, -0.2) is 13.8 Å². The van der Waals surface area contributed by atoms with Gasteiger partial charge >= 0.3 is 6.18 Å². The molecule has 1 heterocycles. The summed E-state index contributed by atoms with van der Waals surface area (Å²) >= 11 is 0. The van der Waals surface area contributed by atoms with Crippen LogP contribution in [0.1, 0.15) is 40.1 Å². The molecule has 0 saturated carbocycles. The second-order valence-corrected chi connectivity index (χ2v) is 6.42. The van der Waals surface area contributed by atoms with Gasteiger partial charge in [0, 0.05) is 11.1 Å². The zero-order chi connectivity index (χ0) is 21.3. The van der Waals surface area contributed by atoms with E-state index in [0.29, 0.717) is 0 Å². The van der Waals surface area contributed by atoms with Gasteiger partial charge in [0.1, 0.15) is 17.9 Å². The van der Waals surface area contributed by atoms with E-state index in [0.717, 1.165) is 30.5 Å². The molecule has 1 atom stereocenters. The second kappa shape index (κ2) is 7.65. The van der Waals surface area contributed by atoms with Gasteiger partial charge in [0.2, 0.25) is 5.89 Å². The Morgan fingerprint density at radius 1 is 1.10 bits per heavy atom. The van der Waals surface area contributed by atoms with E-state index in [1.807, 2.05) is 0 Å². The van der Waals surface area contributed by atoms with Gasteiger partial charge in [0.15, 0.2) is 5.69 Å². The molecular formula is C20H15F5N2O2. The van der Waals surface area contributed by atoms with Crippen LogP contribution in [0.3, 0.4) is 0 Å². The van der Waals surface area contributed by atoms with Crippen LogP contribution in [0.4, 0.5) is 22.0 Å². The van der Waals surface area contributed by atoms with Crippen molar-refractivity contribution in [1.29, 1.82) is 0 Å². The predicted octanol–water partition coefficient (Wildman–Crippen LogP) is 5.44. The Hall–Kier alpha value is -3.23. The van der Waals surface area contributed by atoms with E-state index in [-0.39, 0.29) is 28.3 Å². The summed E-state index contributed by atoms with van der Waals surface area (Å²) in [6, 6.07) is 5.63. The molecule has 1 unspecified atom stereocenters. The van der Waals surface area contributed by atoms with Gasteiger partial charge in [-0.3, -0.25) is 4.79 Å². The number of nitrogens with one attached hydrogen (secondary N) is 1. The minimum atomic E-state index is -4.47. The Labute approximate surface area is 162 Å². The molecule has 0 aliphatic heterocycles. The molecule has 9 heteroatoms. The summed E-state index contributed by atoms with van der Waals surface area (Å²) in [5.74, 6) is -2.16. The fourth-order valence-corrected chi connectivity index (χ4v) is 2.58. The van der Waals surface area contributed by atoms with Crippen LogP contribution in [0.5, 0.6) is 0 Å². The quantitative estimate of drug-likeness (QED) is 0.583. The van der Waals surface area contributed by atoms with E-state index in [4.69, 9.17) is 4.42 Å². The number of halogens is 5. The maximum atomic E-state index is 13.7. The highest BCUT2D eigenvalue weighted by molar-refractivity contribution is 5.92. The van der Waals surface area contributed by atoms with E-state index in [2.05, 4.69) is 10.3 Å². The van der Waals surface area contributed by atoms with Crippen LogP contribution < -0.4 is 5.32 Å². The highest BCUT2D eigenvalue weighted by Crippen LogP contribution is 2.30. The van der Waals surface area contributed by atoms with Gasteiger partial charge in [0.25, 0.3) is 5.91 Å². The third-order valence-corrected chi connectivity index (χ3v) is 4.35. The zero-order valence-electron chi connectivity index (χ0n) is 15.3. The molecule has 0 fully saturated rings. The van der Waals surface area contributed by atoms with Crippen LogP contribution in [-0.4, -0.2) is 10.9 Å². The zero-order valence-corrected chi connectivity index (χ0v) is 15.3. The van der Waals surface area contributed by atoms with Crippen molar-refractivity contribution in [3.63, 3.8) is 0 Å². The third-order valence-electron chi connectivity index (χ3n) is 4.35. The summed E-state index contributed by atoms with van der Waals surface area (Å²) in [5.41, 5.74) is -0.583. The van der Waals surface area contributed by atoms with Crippen LogP contribution in [0.15, 0.2) is 47.1 Å². The second-order valence-electron chi connectivity index (χ2n) is 6.42. The molecule has 0 radical (unpaired) electrons. The van der Waals surface area contributed by atoms with Crippen molar-refractivity contribution in [1.82, 2.24) is 10.3 Å². The molecule has 152 valence electrons. The Bertz CT molecular complexity index is 1020. The normalized spacial score (nSPS) is 12.7. The molecule has 1 amide bonds. The number of nitrogens with zero attached hydrogens (tertiary/aromatic N) is 1. The number of oxazole rings is 1. The number of carbonyl (C=O) groups is 1. The largest absolute Gasteiger partial charge is 0.444 e. The SMILES string of the molecule is Cc1c(F)cc(C(C)NC(=O)c2coc(-c3ccc(C(F)(F)F)cc3)n2)cc1F. The fourth-order valence-electron chi connectivity index (χ4n) is 2.58. The summed E-state index contributed by atoms with van der Waals surface area (Å²) in [4.78, 5) is 16.3. The van der Waals surface area contributed by atoms with Crippen molar-refractivity contribution in [2.45, 2.75) is 26.1 Å². The summed E-state index contributed by atoms with van der Waals surface area (Å²) < 4.78 is 70.5. The fraction of sp³-hybridized carbons (Fsp3) is 0.200. The van der Waals surface area contributed by atoms with Crippen molar-refractivity contribution >= 4 is 5.91 Å². The number of rotatable bonds is 4. The molecule has 0 spiro atoms. The molecule has 1 N–H and O–H groups in total. The van der Waals surface area contributed by atoms with Crippen molar-refractivity contribution < 1.29 is 31.2 Å². The first-order chi connectivity index (χ1) is 13.6. The molecule has 2 aromatic carbocycles. The number of carbonyl (C=O) groups excluding carboxylic acids is 1. The lowest BCUT2D eigenvalue weighted by molar-refractivity contribution is -0.137. The summed E-state index contributed by atoms with van der Waals surface area (Å²) in [6.45, 7) is 2.84. The molecule has 0 bridgehead atoms. The van der Waals surface area contributed by atoms with Crippen molar-refractivity contribution in [2.24, 2.45) is 0 Å². The van der Waals surface area contributed by atoms with Gasteiger partial charge in [-0.05, 0) is 55.8 Å². The number of aromatic nitrogens is 1. The molecule has 3 rings (SSSR count). The van der Waals surface area contributed by atoms with Crippen LogP contribution in [0.25, 0.3) is 11.5 Å². The van der Waals surface area contributed by atoms with Crippen molar-refractivity contribution in [3.05, 3.63) is 76.7 Å². The van der Waals surface area contributed by atoms with Crippen LogP contribution in [0.2, 0.25) is 0 Å². The smallest absolute Gasteiger partial charge is 0.416 e. The van der Waals surface area contributed by atoms with E-state index < -0.39 is 35.3 Å². The molecule has 3 aromatic rings. The van der Waals surface area contributed by atoms with Crippen LogP contribution >= 0.6 is 0 Å². The van der Waals surface area contributed by atoms with Crippen LogP contribution in [-0.2, 0) is 6.18 Å². The third kappa shape index (κ3) is 4.44. The van der Waals surface area contributed by atoms with Gasteiger partial charge < -0.3 is 9.73 Å². The minimum absolute atomic E-state index is 0.0380. The number of hydrogen-bond acceptors (Lipinski definition) is 3. The average Bonchev–Trinajstić information content (AvgIpc) is 3.15. The van der Waals surface area contributed by atoms with Crippen molar-refractivity contribution in [3.8, 4) is 11.5 Å². The van der Waals surface area contributed by atoms with Crippen molar-refractivity contribution in [2.75, 3.05) is 0 Å². The molecule has 29 heavy (non-hydrogen) atoms. The first kappa shape index (κ1) is 20.5. The standard InChI is InChI=1S/C20H15F5N2O2/c1-10-15(21)7-13(8-16(10)22)11(2)26-18(28)17-9-29-19(27-17)12-3-5-14(6-4-12)20(23,24)25/h3-9,11H,1-2H3,(H,26,28). The Morgan fingerprint density at radius 2 is 1.69 bits per heavy atom. The highest BCUT2D eigenvalue weighted by Gasteiger charge is 2.30. The maximum Gasteiger partial charge on any atom is 0.416 e. The lowest BCUT2D eigenvalue weighted by atomic mass is 10.1. The lowest BCUT2D eigenvalue weighted by Gasteiger charge is -2.14. The molecule has 4 nitrogen and oxygen atoms in total. The number of alkyl halides is 3. The molecule has 1 aromatic heterocycles. The Balaban J connectivity index is 1.74. The molecule has 0 saturated heterocycles. The topological polar surface area (TPSA) is 55.1 Å². The molecule has 0 aliphatic rings. The summed E-state index contributed by atoms with van der Waals surface area (Å²) in [6.07, 6.45) is -3.42. The molecule has 0 aliphatic carbocycles. The average molecular weight is 410 g/mol. The van der Waals surface area contributed by atoms with E-state index in [9.17, 15) is 26.7 Å².